The number of nitrogens with zero attached hydrogens (tertiary/aromatic N) is 2. The minimum atomic E-state index is 0.214. The molecule has 2 aliphatic rings. The van der Waals surface area contributed by atoms with Crippen LogP contribution in [-0.2, 0) is 6.42 Å². The maximum absolute atomic E-state index is 10.4. The summed E-state index contributed by atoms with van der Waals surface area (Å²) in [6.07, 6.45) is 20.6. The van der Waals surface area contributed by atoms with E-state index in [4.69, 9.17) is 9.97 Å². The van der Waals surface area contributed by atoms with Gasteiger partial charge >= 0.3 is 0 Å². The number of rotatable bonds is 12. The monoisotopic (exact) mass is 648 g/mol. The fourth-order valence-corrected chi connectivity index (χ4v) is 7.00. The number of phenolic OH excluding ortho intramolecular Hbond substituents is 2. The normalized spacial score (nSPS) is 12.2. The Kier molecular flexibility index (Phi) is 9.74. The van der Waals surface area contributed by atoms with Crippen LogP contribution in [0, 0.1) is 0 Å². The van der Waals surface area contributed by atoms with E-state index in [1.807, 2.05) is 48.6 Å². The van der Waals surface area contributed by atoms with Crippen molar-refractivity contribution in [3.05, 3.63) is 107 Å². The lowest BCUT2D eigenvalue weighted by molar-refractivity contribution is 0.475. The lowest BCUT2D eigenvalue weighted by atomic mass is 10.0. The van der Waals surface area contributed by atoms with Crippen LogP contribution in [0.5, 0.6) is 11.5 Å². The minimum absolute atomic E-state index is 0.214. The summed E-state index contributed by atoms with van der Waals surface area (Å²) in [6, 6.07) is 25.1. The van der Waals surface area contributed by atoms with Crippen LogP contribution in [0.3, 0.4) is 0 Å². The molecule has 2 aromatic carbocycles. The molecule has 3 aromatic heterocycles. The van der Waals surface area contributed by atoms with E-state index in [1.165, 1.54) is 56.9 Å². The van der Waals surface area contributed by atoms with E-state index in [9.17, 15) is 10.2 Å². The van der Waals surface area contributed by atoms with Crippen LogP contribution in [0.4, 0.5) is 0 Å². The van der Waals surface area contributed by atoms with Gasteiger partial charge in [-0.25, -0.2) is 9.97 Å². The summed E-state index contributed by atoms with van der Waals surface area (Å²) in [4.78, 5) is 17.7. The van der Waals surface area contributed by atoms with Crippen LogP contribution >= 0.6 is 0 Å². The maximum atomic E-state index is 10.4. The van der Waals surface area contributed by atoms with Gasteiger partial charge in [0.2, 0.25) is 0 Å². The van der Waals surface area contributed by atoms with Crippen LogP contribution in [0.15, 0.2) is 78.9 Å². The SMILES string of the molecule is CCCCCCCCCCCc1c2nc(c(-c3cccc(O)c3)c3ccc(cc4nc(c(-c5cccc(O)c5)c5ccc1[nH]5)C=C4)[nH]3)C=C2. The number of aromatic hydroxyl groups is 2. The van der Waals surface area contributed by atoms with Gasteiger partial charge in [0.05, 0.1) is 22.8 Å². The molecule has 0 amide bonds. The largest absolute Gasteiger partial charge is 0.508 e. The van der Waals surface area contributed by atoms with Crippen molar-refractivity contribution in [1.82, 2.24) is 19.9 Å². The molecule has 0 saturated heterocycles. The summed E-state index contributed by atoms with van der Waals surface area (Å²) in [5, 5.41) is 20.9. The number of hydrogen-bond donors (Lipinski definition) is 4. The smallest absolute Gasteiger partial charge is 0.116 e. The van der Waals surface area contributed by atoms with E-state index in [1.54, 1.807) is 24.3 Å². The number of phenols is 2. The number of unbranched alkanes of at least 4 members (excludes halogenated alkanes) is 8. The van der Waals surface area contributed by atoms with Crippen molar-refractivity contribution in [2.45, 2.75) is 71.1 Å². The number of aromatic amines is 2. The van der Waals surface area contributed by atoms with E-state index < -0.39 is 0 Å². The first kappa shape index (κ1) is 32.2. The van der Waals surface area contributed by atoms with E-state index in [-0.39, 0.29) is 11.5 Å². The Morgan fingerprint density at radius 2 is 1.10 bits per heavy atom. The standard InChI is InChI=1S/C43H44N4O2/c1-2-3-4-5-6-7-8-9-10-17-35-36-22-24-40(46-36)42(29-13-11-15-33(48)26-29)38-20-18-31(44-38)28-32-19-21-39(45-32)43(41-25-23-37(35)47-41)30-14-12-16-34(49)27-30/h11-16,18-28,44,47-49H,2-10,17H2,1H3. The van der Waals surface area contributed by atoms with Crippen molar-refractivity contribution in [2.24, 2.45) is 0 Å². The molecule has 8 bridgehead atoms. The van der Waals surface area contributed by atoms with Crippen molar-refractivity contribution in [2.75, 3.05) is 0 Å². The molecular weight excluding hydrogens is 604 g/mol. The number of benzene rings is 2. The Labute approximate surface area is 288 Å². The Balaban J connectivity index is 1.40. The van der Waals surface area contributed by atoms with Gasteiger partial charge in [-0.05, 0) is 103 Å². The Bertz CT molecular complexity index is 2140. The third kappa shape index (κ3) is 7.39. The van der Waals surface area contributed by atoms with Crippen LogP contribution < -0.4 is 0 Å². The van der Waals surface area contributed by atoms with Gasteiger partial charge in [0, 0.05) is 38.8 Å². The minimum Gasteiger partial charge on any atom is -0.508 e. The van der Waals surface area contributed by atoms with Gasteiger partial charge in [0.1, 0.15) is 11.5 Å². The zero-order valence-electron chi connectivity index (χ0n) is 28.2. The molecule has 0 aliphatic carbocycles. The molecule has 0 spiro atoms. The highest BCUT2D eigenvalue weighted by Gasteiger charge is 2.16. The molecule has 0 unspecified atom stereocenters. The first-order valence-corrected chi connectivity index (χ1v) is 17.8. The Morgan fingerprint density at radius 3 is 1.80 bits per heavy atom. The highest BCUT2D eigenvalue weighted by molar-refractivity contribution is 5.94. The zero-order valence-corrected chi connectivity index (χ0v) is 28.2. The predicted octanol–water partition coefficient (Wildman–Crippen LogP) is 11.5. The van der Waals surface area contributed by atoms with Crippen LogP contribution in [0.1, 0.15) is 93.1 Å². The summed E-state index contributed by atoms with van der Waals surface area (Å²) >= 11 is 0. The van der Waals surface area contributed by atoms with E-state index in [2.05, 4.69) is 47.2 Å². The lowest BCUT2D eigenvalue weighted by Crippen LogP contribution is -1.93. The first-order chi connectivity index (χ1) is 24.1. The highest BCUT2D eigenvalue weighted by atomic mass is 16.3. The summed E-state index contributed by atoms with van der Waals surface area (Å²) in [5.74, 6) is 0.428. The van der Waals surface area contributed by atoms with Gasteiger partial charge in [-0.2, -0.15) is 0 Å². The molecule has 4 N–H and O–H groups in total. The summed E-state index contributed by atoms with van der Waals surface area (Å²) in [7, 11) is 0. The molecule has 6 nitrogen and oxygen atoms in total. The number of H-pyrrole nitrogens is 2. The molecule has 7 rings (SSSR count). The average Bonchev–Trinajstić information content (AvgIpc) is 3.93. The van der Waals surface area contributed by atoms with Gasteiger partial charge in [-0.15, -0.1) is 0 Å². The Hall–Kier alpha value is -5.36. The van der Waals surface area contributed by atoms with E-state index in [0.717, 1.165) is 79.9 Å². The molecule has 49 heavy (non-hydrogen) atoms. The lowest BCUT2D eigenvalue weighted by Gasteiger charge is -2.06. The molecule has 5 heterocycles. The summed E-state index contributed by atoms with van der Waals surface area (Å²) in [5.41, 5.74) is 12.0. The highest BCUT2D eigenvalue weighted by Crippen LogP contribution is 2.35. The van der Waals surface area contributed by atoms with Crippen molar-refractivity contribution in [1.29, 1.82) is 0 Å². The maximum Gasteiger partial charge on any atom is 0.116 e. The van der Waals surface area contributed by atoms with Crippen LogP contribution in [-0.4, -0.2) is 30.1 Å². The summed E-state index contributed by atoms with van der Waals surface area (Å²) < 4.78 is 0. The Morgan fingerprint density at radius 1 is 0.531 bits per heavy atom. The van der Waals surface area contributed by atoms with E-state index in [0.29, 0.717) is 0 Å². The van der Waals surface area contributed by atoms with Crippen molar-refractivity contribution < 1.29 is 10.2 Å². The molecule has 2 aliphatic heterocycles. The van der Waals surface area contributed by atoms with Crippen molar-refractivity contribution in [3.8, 4) is 33.8 Å². The molecular formula is C43H44N4O2. The first-order valence-electron chi connectivity index (χ1n) is 17.8. The third-order valence-electron chi connectivity index (χ3n) is 9.48. The van der Waals surface area contributed by atoms with E-state index >= 15 is 0 Å². The quantitative estimate of drug-likeness (QED) is 0.0991. The van der Waals surface area contributed by atoms with Crippen LogP contribution in [0.25, 0.3) is 68.6 Å². The molecule has 0 atom stereocenters. The van der Waals surface area contributed by atoms with Crippen molar-refractivity contribution >= 4 is 46.4 Å². The van der Waals surface area contributed by atoms with Gasteiger partial charge in [-0.3, -0.25) is 0 Å². The number of aromatic nitrogens is 4. The second-order valence-electron chi connectivity index (χ2n) is 13.1. The number of aryl methyl sites for hydroxylation is 1. The molecule has 6 heteroatoms. The summed E-state index contributed by atoms with van der Waals surface area (Å²) in [6.45, 7) is 2.27. The van der Waals surface area contributed by atoms with Gasteiger partial charge < -0.3 is 20.2 Å². The molecule has 0 saturated carbocycles. The topological polar surface area (TPSA) is 97.8 Å². The predicted molar refractivity (Wildman–Crippen MR) is 204 cm³/mol. The number of nitrogens with one attached hydrogen (secondary N) is 2. The second-order valence-corrected chi connectivity index (χ2v) is 13.1. The third-order valence-corrected chi connectivity index (χ3v) is 9.48. The number of fused-ring (bicyclic) bond motifs is 8. The molecule has 0 fully saturated rings. The molecule has 0 radical (unpaired) electrons. The van der Waals surface area contributed by atoms with Gasteiger partial charge in [0.15, 0.2) is 0 Å². The molecule has 5 aromatic rings. The average molecular weight is 649 g/mol. The van der Waals surface area contributed by atoms with Crippen molar-refractivity contribution in [3.63, 3.8) is 0 Å². The molecule has 248 valence electrons. The zero-order chi connectivity index (χ0) is 33.6. The second kappa shape index (κ2) is 14.8. The fourth-order valence-electron chi connectivity index (χ4n) is 7.00. The number of hydrogen-bond acceptors (Lipinski definition) is 4. The fraction of sp³-hybridized carbons (Fsp3) is 0.256. The van der Waals surface area contributed by atoms with Crippen LogP contribution in [0.2, 0.25) is 0 Å². The van der Waals surface area contributed by atoms with Gasteiger partial charge in [0.25, 0.3) is 0 Å². The van der Waals surface area contributed by atoms with Gasteiger partial charge in [-0.1, -0.05) is 82.6 Å².